The van der Waals surface area contributed by atoms with Gasteiger partial charge >= 0.3 is 0 Å². The van der Waals surface area contributed by atoms with Crippen molar-refractivity contribution in [1.82, 2.24) is 21.3 Å². The third kappa shape index (κ3) is 8.76. The van der Waals surface area contributed by atoms with Crippen molar-refractivity contribution in [3.8, 4) is 11.1 Å². The number of hydrogen-bond donors (Lipinski definition) is 4. The molecule has 0 fully saturated rings. The Morgan fingerprint density at radius 2 is 1.39 bits per heavy atom. The van der Waals surface area contributed by atoms with E-state index in [9.17, 15) is 19.2 Å². The van der Waals surface area contributed by atoms with E-state index in [0.29, 0.717) is 19.4 Å². The Bertz CT molecular complexity index is 945. The average molecular weight is 453 g/mol. The van der Waals surface area contributed by atoms with E-state index >= 15 is 0 Å². The minimum atomic E-state index is -0.826. The summed E-state index contributed by atoms with van der Waals surface area (Å²) >= 11 is 0. The van der Waals surface area contributed by atoms with Crippen molar-refractivity contribution >= 4 is 23.6 Å². The molecular formula is C25H32N4O4. The van der Waals surface area contributed by atoms with Crippen molar-refractivity contribution in [3.63, 3.8) is 0 Å². The number of hydrogen-bond acceptors (Lipinski definition) is 4. The van der Waals surface area contributed by atoms with Gasteiger partial charge in [0.25, 0.3) is 0 Å². The molecule has 0 saturated heterocycles. The number of carbonyl (C=O) groups excluding carboxylic acids is 4. The van der Waals surface area contributed by atoms with Crippen LogP contribution in [0.4, 0.5) is 0 Å². The van der Waals surface area contributed by atoms with E-state index in [2.05, 4.69) is 21.3 Å². The molecule has 0 aliphatic heterocycles. The number of nitrogens with one attached hydrogen (secondary N) is 4. The predicted octanol–water partition coefficient (Wildman–Crippen LogP) is 1.55. The lowest BCUT2D eigenvalue weighted by Crippen LogP contribution is -2.53. The van der Waals surface area contributed by atoms with E-state index in [4.69, 9.17) is 0 Å². The van der Waals surface area contributed by atoms with Crippen LogP contribution in [0.1, 0.15) is 32.3 Å². The summed E-state index contributed by atoms with van der Waals surface area (Å²) in [6, 6.07) is 16.1. The molecule has 8 nitrogen and oxygen atoms in total. The molecule has 33 heavy (non-hydrogen) atoms. The number of rotatable bonds is 11. The zero-order chi connectivity index (χ0) is 24.2. The summed E-state index contributed by atoms with van der Waals surface area (Å²) in [6.45, 7) is 3.17. The second-order valence-electron chi connectivity index (χ2n) is 7.82. The first-order valence-corrected chi connectivity index (χ1v) is 11.0. The molecule has 0 saturated carbocycles. The first kappa shape index (κ1) is 25.6. The van der Waals surface area contributed by atoms with Gasteiger partial charge in [0, 0.05) is 33.9 Å². The van der Waals surface area contributed by atoms with Crippen LogP contribution < -0.4 is 21.3 Å². The molecule has 2 atom stereocenters. The molecule has 0 aliphatic rings. The molecule has 0 radical (unpaired) electrons. The highest BCUT2D eigenvalue weighted by atomic mass is 16.2. The SMILES string of the molecule is CNC(=O)[C@H](CCCNC(C)=O)NC(=O)[C@H](Cc1ccc(-c2ccccc2)cc1)NC(C)=O. The lowest BCUT2D eigenvalue weighted by molar-refractivity contribution is -0.131. The van der Waals surface area contributed by atoms with Crippen LogP contribution in [0.5, 0.6) is 0 Å². The fraction of sp³-hybridized carbons (Fsp3) is 0.360. The van der Waals surface area contributed by atoms with Gasteiger partial charge in [-0.3, -0.25) is 19.2 Å². The van der Waals surface area contributed by atoms with Gasteiger partial charge in [0.1, 0.15) is 12.1 Å². The van der Waals surface area contributed by atoms with E-state index in [0.717, 1.165) is 16.7 Å². The van der Waals surface area contributed by atoms with Gasteiger partial charge in [0.15, 0.2) is 0 Å². The van der Waals surface area contributed by atoms with E-state index in [-0.39, 0.29) is 24.1 Å². The molecule has 4 N–H and O–H groups in total. The van der Waals surface area contributed by atoms with Crippen LogP contribution >= 0.6 is 0 Å². The monoisotopic (exact) mass is 452 g/mol. The standard InChI is InChI=1S/C25H32N4O4/c1-17(30)27-15-7-10-22(24(32)26-3)29-25(33)23(28-18(2)31)16-19-11-13-21(14-12-19)20-8-5-4-6-9-20/h4-6,8-9,11-14,22-23H,7,10,15-16H2,1-3H3,(H,26,32)(H,27,30)(H,28,31)(H,29,33)/t22-,23-/m0/s1. The Labute approximate surface area is 194 Å². The summed E-state index contributed by atoms with van der Waals surface area (Å²) < 4.78 is 0. The molecule has 176 valence electrons. The van der Waals surface area contributed by atoms with Crippen LogP contribution in [0.3, 0.4) is 0 Å². The van der Waals surface area contributed by atoms with Gasteiger partial charge in [-0.2, -0.15) is 0 Å². The van der Waals surface area contributed by atoms with Crippen molar-refractivity contribution in [2.75, 3.05) is 13.6 Å². The largest absolute Gasteiger partial charge is 0.357 e. The van der Waals surface area contributed by atoms with Gasteiger partial charge in [-0.1, -0.05) is 54.6 Å². The maximum absolute atomic E-state index is 13.0. The summed E-state index contributed by atoms with van der Waals surface area (Å²) in [5.74, 6) is -1.26. The topological polar surface area (TPSA) is 116 Å². The molecule has 0 aromatic heterocycles. The Kier molecular flexibility index (Phi) is 10.1. The maximum Gasteiger partial charge on any atom is 0.243 e. The first-order valence-electron chi connectivity index (χ1n) is 11.0. The second kappa shape index (κ2) is 13.0. The lowest BCUT2D eigenvalue weighted by Gasteiger charge is -2.22. The van der Waals surface area contributed by atoms with E-state index in [1.165, 1.54) is 20.9 Å². The van der Waals surface area contributed by atoms with Crippen LogP contribution in [0, 0.1) is 0 Å². The van der Waals surface area contributed by atoms with Gasteiger partial charge in [0.05, 0.1) is 0 Å². The van der Waals surface area contributed by atoms with Crippen LogP contribution in [0.15, 0.2) is 54.6 Å². The predicted molar refractivity (Wildman–Crippen MR) is 127 cm³/mol. The normalized spacial score (nSPS) is 12.2. The molecule has 0 aliphatic carbocycles. The van der Waals surface area contributed by atoms with Crippen LogP contribution in [0.25, 0.3) is 11.1 Å². The van der Waals surface area contributed by atoms with Crippen molar-refractivity contribution in [2.24, 2.45) is 0 Å². The van der Waals surface area contributed by atoms with Gasteiger partial charge in [0.2, 0.25) is 23.6 Å². The molecule has 8 heteroatoms. The summed E-state index contributed by atoms with van der Waals surface area (Å²) in [5.41, 5.74) is 3.03. The molecule has 0 spiro atoms. The Morgan fingerprint density at radius 1 is 0.758 bits per heavy atom. The smallest absolute Gasteiger partial charge is 0.243 e. The zero-order valence-corrected chi connectivity index (χ0v) is 19.3. The Balaban J connectivity index is 2.07. The molecule has 2 aromatic rings. The van der Waals surface area contributed by atoms with Crippen LogP contribution in [-0.2, 0) is 25.6 Å². The fourth-order valence-corrected chi connectivity index (χ4v) is 3.44. The summed E-state index contributed by atoms with van der Waals surface area (Å²) in [4.78, 5) is 48.0. The van der Waals surface area contributed by atoms with Crippen molar-refractivity contribution in [1.29, 1.82) is 0 Å². The Morgan fingerprint density at radius 3 is 1.97 bits per heavy atom. The molecule has 4 amide bonds. The number of likely N-dealkylation sites (N-methyl/N-ethyl adjacent to an activating group) is 1. The lowest BCUT2D eigenvalue weighted by atomic mass is 10.00. The minimum Gasteiger partial charge on any atom is -0.357 e. The van der Waals surface area contributed by atoms with E-state index in [1.54, 1.807) is 0 Å². The van der Waals surface area contributed by atoms with Gasteiger partial charge in [-0.15, -0.1) is 0 Å². The number of amides is 4. The first-order chi connectivity index (χ1) is 15.8. The third-order valence-corrected chi connectivity index (χ3v) is 5.12. The van der Waals surface area contributed by atoms with Crippen molar-refractivity contribution < 1.29 is 19.2 Å². The fourth-order valence-electron chi connectivity index (χ4n) is 3.44. The summed E-state index contributed by atoms with van der Waals surface area (Å²) in [5, 5.41) is 10.6. The quantitative estimate of drug-likeness (QED) is 0.387. The second-order valence-corrected chi connectivity index (χ2v) is 7.82. The maximum atomic E-state index is 13.0. The highest BCUT2D eigenvalue weighted by molar-refractivity contribution is 5.91. The van der Waals surface area contributed by atoms with Gasteiger partial charge in [-0.05, 0) is 29.5 Å². The third-order valence-electron chi connectivity index (χ3n) is 5.12. The van der Waals surface area contributed by atoms with Crippen LogP contribution in [-0.4, -0.2) is 49.3 Å². The molecular weight excluding hydrogens is 420 g/mol. The zero-order valence-electron chi connectivity index (χ0n) is 19.3. The highest BCUT2D eigenvalue weighted by Crippen LogP contribution is 2.19. The van der Waals surface area contributed by atoms with E-state index < -0.39 is 18.0 Å². The number of benzene rings is 2. The molecule has 2 rings (SSSR count). The average Bonchev–Trinajstić information content (AvgIpc) is 2.80. The van der Waals surface area contributed by atoms with Gasteiger partial charge in [-0.25, -0.2) is 0 Å². The molecule has 0 unspecified atom stereocenters. The molecule has 0 bridgehead atoms. The van der Waals surface area contributed by atoms with E-state index in [1.807, 2.05) is 54.6 Å². The number of carbonyl (C=O) groups is 4. The van der Waals surface area contributed by atoms with Crippen molar-refractivity contribution in [2.45, 2.75) is 45.2 Å². The summed E-state index contributed by atoms with van der Waals surface area (Å²) in [7, 11) is 1.49. The van der Waals surface area contributed by atoms with Crippen LogP contribution in [0.2, 0.25) is 0 Å². The van der Waals surface area contributed by atoms with Crippen molar-refractivity contribution in [3.05, 3.63) is 60.2 Å². The van der Waals surface area contributed by atoms with Gasteiger partial charge < -0.3 is 21.3 Å². The molecule has 0 heterocycles. The molecule has 2 aromatic carbocycles. The Hall–Kier alpha value is -3.68. The minimum absolute atomic E-state index is 0.153. The highest BCUT2D eigenvalue weighted by Gasteiger charge is 2.25. The summed E-state index contributed by atoms with van der Waals surface area (Å²) in [6.07, 6.45) is 1.15.